The van der Waals surface area contributed by atoms with Crippen LogP contribution in [0.4, 0.5) is 0 Å². The lowest BCUT2D eigenvalue weighted by molar-refractivity contribution is 0.794. The van der Waals surface area contributed by atoms with Gasteiger partial charge in [0.25, 0.3) is 0 Å². The van der Waals surface area contributed by atoms with Crippen LogP contribution in [0, 0.1) is 0 Å². The molecule has 0 N–H and O–H groups in total. The van der Waals surface area contributed by atoms with Crippen LogP contribution in [0.15, 0.2) is 243 Å². The Kier molecular flexibility index (Phi) is 7.12. The van der Waals surface area contributed by atoms with Gasteiger partial charge >= 0.3 is 0 Å². The van der Waals surface area contributed by atoms with Gasteiger partial charge in [-0.3, -0.25) is 0 Å². The van der Waals surface area contributed by atoms with Gasteiger partial charge in [-0.2, -0.15) is 0 Å². The van der Waals surface area contributed by atoms with E-state index in [-0.39, 0.29) is 0 Å². The van der Waals surface area contributed by atoms with E-state index in [1.807, 2.05) is 0 Å². The minimum Gasteiger partial charge on any atom is -0.0619 e. The van der Waals surface area contributed by atoms with Crippen LogP contribution in [0.3, 0.4) is 0 Å². The number of hydrogen-bond acceptors (Lipinski definition) is 0. The highest BCUT2D eigenvalue weighted by Gasteiger charge is 2.52. The predicted octanol–water partition coefficient (Wildman–Crippen LogP) is 19.7. The van der Waals surface area contributed by atoms with Crippen LogP contribution in [0.1, 0.15) is 22.3 Å². The average molecular weight is 917 g/mol. The summed E-state index contributed by atoms with van der Waals surface area (Å²) in [6, 6.07) is 93.5. The smallest absolute Gasteiger partial charge is 0.0619 e. The Morgan fingerprint density at radius 1 is 0.178 bits per heavy atom. The van der Waals surface area contributed by atoms with E-state index in [9.17, 15) is 0 Å². The zero-order valence-corrected chi connectivity index (χ0v) is 39.6. The maximum Gasteiger partial charge on any atom is 0.0726 e. The molecule has 0 fully saturated rings. The minimum atomic E-state index is -0.601. The first-order valence-corrected chi connectivity index (χ1v) is 25.7. The fourth-order valence-corrected chi connectivity index (χ4v) is 14.6. The molecule has 0 atom stereocenters. The van der Waals surface area contributed by atoms with Crippen LogP contribution in [0.5, 0.6) is 0 Å². The number of hydrogen-bond donors (Lipinski definition) is 0. The van der Waals surface area contributed by atoms with Crippen LogP contribution in [-0.2, 0) is 5.41 Å². The van der Waals surface area contributed by atoms with Crippen molar-refractivity contribution in [3.63, 3.8) is 0 Å². The third-order valence-electron chi connectivity index (χ3n) is 17.7. The van der Waals surface area contributed by atoms with Crippen LogP contribution >= 0.6 is 0 Å². The molecule has 0 aromatic heterocycles. The van der Waals surface area contributed by atoms with Gasteiger partial charge in [-0.15, -0.1) is 0 Å². The topological polar surface area (TPSA) is 0 Å². The standard InChI is InChI=1S/C73H40/c1-2-13-63-56(12-1)57-32-26-50(53-29-20-47-17-14-41-6-3-9-44-23-35-60(53)70(47)67(41)44)38-64(57)73(63)65-39-51(54-30-21-48-18-15-42-7-4-10-45-24-36-61(54)71(48)68(42)45)27-33-58(65)59-34-28-52(40-66(59)73)55-31-22-49-19-16-43-8-5-11-46-25-37-62(55)72(49)69(43)46/h1-40H. The van der Waals surface area contributed by atoms with Gasteiger partial charge < -0.3 is 0 Å². The second kappa shape index (κ2) is 13.5. The number of benzene rings is 16. The zero-order valence-electron chi connectivity index (χ0n) is 39.6. The summed E-state index contributed by atoms with van der Waals surface area (Å²) < 4.78 is 0. The SMILES string of the molecule is c1ccc2c(c1)-c1ccc(-c3ccc4ccc5cccc6ccc3c4c56)cc1C21c2cc(-c3ccc4ccc5cccc6ccc3c4c56)ccc2-c2ccc(-c3ccc4ccc5cccc6ccc3c4c56)cc21. The van der Waals surface area contributed by atoms with E-state index in [0.29, 0.717) is 0 Å². The van der Waals surface area contributed by atoms with E-state index in [1.54, 1.807) is 0 Å². The normalized spacial score (nSPS) is 13.6. The van der Waals surface area contributed by atoms with E-state index in [0.717, 1.165) is 0 Å². The predicted molar refractivity (Wildman–Crippen MR) is 310 cm³/mol. The van der Waals surface area contributed by atoms with Crippen molar-refractivity contribution in [2.24, 2.45) is 0 Å². The first-order chi connectivity index (χ1) is 36.2. The molecular weight excluding hydrogens is 877 g/mol. The second-order valence-corrected chi connectivity index (χ2v) is 21.0. The molecule has 18 rings (SSSR count). The summed E-state index contributed by atoms with van der Waals surface area (Å²) in [4.78, 5) is 0. The molecule has 332 valence electrons. The summed E-state index contributed by atoms with van der Waals surface area (Å²) in [5, 5.41) is 23.6. The Morgan fingerprint density at radius 2 is 0.452 bits per heavy atom. The molecule has 16 aromatic rings. The summed E-state index contributed by atoms with van der Waals surface area (Å²) in [6.07, 6.45) is 0. The Morgan fingerprint density at radius 3 is 0.808 bits per heavy atom. The van der Waals surface area contributed by atoms with Gasteiger partial charge in [0.2, 0.25) is 0 Å². The Bertz CT molecular complexity index is 4620. The van der Waals surface area contributed by atoms with Crippen LogP contribution in [0.2, 0.25) is 0 Å². The summed E-state index contributed by atoms with van der Waals surface area (Å²) in [7, 11) is 0. The van der Waals surface area contributed by atoms with Crippen molar-refractivity contribution in [2.45, 2.75) is 5.41 Å². The third kappa shape index (κ3) is 4.77. The Hall–Kier alpha value is -9.36. The van der Waals surface area contributed by atoms with E-state index < -0.39 is 5.41 Å². The van der Waals surface area contributed by atoms with Gasteiger partial charge in [0.05, 0.1) is 5.41 Å². The highest BCUT2D eigenvalue weighted by Crippen LogP contribution is 2.64. The molecule has 0 amide bonds. The molecule has 2 aliphatic rings. The van der Waals surface area contributed by atoms with E-state index >= 15 is 0 Å². The van der Waals surface area contributed by atoms with E-state index in [2.05, 4.69) is 243 Å². The van der Waals surface area contributed by atoms with Crippen molar-refractivity contribution in [2.75, 3.05) is 0 Å². The molecule has 0 aliphatic heterocycles. The van der Waals surface area contributed by atoms with E-state index in [4.69, 9.17) is 0 Å². The first kappa shape index (κ1) is 38.4. The lowest BCUT2D eigenvalue weighted by Gasteiger charge is -2.31. The van der Waals surface area contributed by atoms with Crippen molar-refractivity contribution in [3.05, 3.63) is 265 Å². The largest absolute Gasteiger partial charge is 0.0726 e. The summed E-state index contributed by atoms with van der Waals surface area (Å²) in [5.74, 6) is 0. The minimum absolute atomic E-state index is 0.601. The van der Waals surface area contributed by atoms with Gasteiger partial charge in [0.1, 0.15) is 0 Å². The zero-order chi connectivity index (χ0) is 47.3. The fraction of sp³-hybridized carbons (Fsp3) is 0.0137. The molecule has 1 spiro atoms. The second-order valence-electron chi connectivity index (χ2n) is 21.0. The molecule has 0 radical (unpaired) electrons. The Balaban J connectivity index is 0.930. The molecule has 0 heterocycles. The third-order valence-corrected chi connectivity index (χ3v) is 17.7. The molecule has 0 unspecified atom stereocenters. The van der Waals surface area contributed by atoms with Gasteiger partial charge in [-0.25, -0.2) is 0 Å². The van der Waals surface area contributed by atoms with Crippen LogP contribution < -0.4 is 0 Å². The van der Waals surface area contributed by atoms with Crippen LogP contribution in [0.25, 0.3) is 153 Å². The molecule has 0 saturated carbocycles. The van der Waals surface area contributed by atoms with E-state index in [1.165, 1.54) is 175 Å². The monoisotopic (exact) mass is 916 g/mol. The highest BCUT2D eigenvalue weighted by atomic mass is 14.5. The first-order valence-electron chi connectivity index (χ1n) is 25.7. The van der Waals surface area contributed by atoms with Crippen molar-refractivity contribution >= 4 is 97.0 Å². The highest BCUT2D eigenvalue weighted by molar-refractivity contribution is 6.28. The molecule has 0 nitrogen and oxygen atoms in total. The maximum atomic E-state index is 2.58. The molecule has 73 heavy (non-hydrogen) atoms. The van der Waals surface area contributed by atoms with Crippen molar-refractivity contribution in [1.82, 2.24) is 0 Å². The molecule has 0 saturated heterocycles. The Labute approximate surface area is 420 Å². The van der Waals surface area contributed by atoms with Gasteiger partial charge in [0.15, 0.2) is 0 Å². The van der Waals surface area contributed by atoms with Crippen molar-refractivity contribution < 1.29 is 0 Å². The quantitative estimate of drug-likeness (QED) is 0.155. The van der Waals surface area contributed by atoms with Crippen molar-refractivity contribution in [1.29, 1.82) is 0 Å². The maximum absolute atomic E-state index is 2.58. The summed E-state index contributed by atoms with van der Waals surface area (Å²) in [6.45, 7) is 0. The summed E-state index contributed by atoms with van der Waals surface area (Å²) >= 11 is 0. The molecule has 0 bridgehead atoms. The number of fused-ring (bicyclic) bond motifs is 10. The lowest BCUT2D eigenvalue weighted by Crippen LogP contribution is -2.26. The van der Waals surface area contributed by atoms with Gasteiger partial charge in [-0.05, 0) is 193 Å². The molecular formula is C73H40. The van der Waals surface area contributed by atoms with Crippen LogP contribution in [-0.4, -0.2) is 0 Å². The molecule has 0 heteroatoms. The van der Waals surface area contributed by atoms with Crippen molar-refractivity contribution in [3.8, 4) is 55.6 Å². The number of rotatable bonds is 3. The van der Waals surface area contributed by atoms with Gasteiger partial charge in [-0.1, -0.05) is 224 Å². The lowest BCUT2D eigenvalue weighted by atomic mass is 9.69. The molecule has 2 aliphatic carbocycles. The molecule has 16 aromatic carbocycles. The average Bonchev–Trinajstić information content (AvgIpc) is 3.98. The fourth-order valence-electron chi connectivity index (χ4n) is 14.6. The van der Waals surface area contributed by atoms with Gasteiger partial charge in [0, 0.05) is 0 Å². The summed E-state index contributed by atoms with van der Waals surface area (Å²) in [5.41, 5.74) is 17.5.